The second-order valence-corrected chi connectivity index (χ2v) is 1.55. The molecule has 0 amide bonds. The number of hydrogen-bond acceptors (Lipinski definition) is 2. The van der Waals surface area contributed by atoms with Gasteiger partial charge in [0.1, 0.15) is 0 Å². The Balaban J connectivity index is 0. The molecular weight excluding hydrogens is 126 g/mol. The van der Waals surface area contributed by atoms with E-state index in [9.17, 15) is 0 Å². The van der Waals surface area contributed by atoms with E-state index in [4.69, 9.17) is 5.11 Å². The molecule has 0 saturated carbocycles. The molecule has 0 spiro atoms. The Morgan fingerprint density at radius 3 is 1.80 bits per heavy atom. The van der Waals surface area contributed by atoms with Crippen molar-refractivity contribution in [2.45, 2.75) is 6.92 Å². The van der Waals surface area contributed by atoms with Crippen molar-refractivity contribution in [2.24, 2.45) is 0 Å². The molecule has 0 aromatic rings. The van der Waals surface area contributed by atoms with E-state index in [1.807, 2.05) is 12.2 Å². The molecule has 0 unspecified atom stereocenters. The van der Waals surface area contributed by atoms with Crippen molar-refractivity contribution in [2.75, 3.05) is 19.7 Å². The maximum Gasteiger partial charge on any atom is 0.0402 e. The molecule has 0 aliphatic rings. The zero-order valence-corrected chi connectivity index (χ0v) is 6.64. The van der Waals surface area contributed by atoms with Crippen molar-refractivity contribution in [3.05, 3.63) is 25.3 Å². The summed E-state index contributed by atoms with van der Waals surface area (Å²) in [7, 11) is 0. The van der Waals surface area contributed by atoms with Gasteiger partial charge >= 0.3 is 0 Å². The molecule has 0 atom stereocenters. The average Bonchev–Trinajstić information content (AvgIpc) is 1.91. The highest BCUT2D eigenvalue weighted by Gasteiger charge is 1.69. The van der Waals surface area contributed by atoms with Crippen molar-refractivity contribution in [3.63, 3.8) is 0 Å². The molecule has 0 fully saturated rings. The van der Waals surface area contributed by atoms with Gasteiger partial charge in [0.2, 0.25) is 0 Å². The summed E-state index contributed by atoms with van der Waals surface area (Å²) in [5, 5.41) is 10.6. The highest BCUT2D eigenvalue weighted by molar-refractivity contribution is 4.75. The van der Waals surface area contributed by atoms with Gasteiger partial charge in [0, 0.05) is 19.7 Å². The van der Waals surface area contributed by atoms with Gasteiger partial charge in [-0.1, -0.05) is 12.2 Å². The molecule has 2 N–H and O–H groups in total. The molecule has 0 radical (unpaired) electrons. The minimum absolute atomic E-state index is 0.250. The smallest absolute Gasteiger partial charge is 0.0402 e. The SMILES string of the molecule is C=CCNCC=C.CCO. The van der Waals surface area contributed by atoms with Gasteiger partial charge in [0.25, 0.3) is 0 Å². The van der Waals surface area contributed by atoms with Gasteiger partial charge in [-0.05, 0) is 6.92 Å². The van der Waals surface area contributed by atoms with E-state index < -0.39 is 0 Å². The van der Waals surface area contributed by atoms with E-state index >= 15 is 0 Å². The Kier molecular flexibility index (Phi) is 19.1. The lowest BCUT2D eigenvalue weighted by Gasteiger charge is -1.90. The molecule has 0 rings (SSSR count). The van der Waals surface area contributed by atoms with Gasteiger partial charge in [-0.25, -0.2) is 0 Å². The van der Waals surface area contributed by atoms with Crippen LogP contribution in [0.1, 0.15) is 6.92 Å². The minimum atomic E-state index is 0.250. The standard InChI is InChI=1S/C6H11N.C2H6O/c1-3-5-7-6-4-2;1-2-3/h3-4,7H,1-2,5-6H2;3H,2H2,1H3. The van der Waals surface area contributed by atoms with Crippen LogP contribution >= 0.6 is 0 Å². The summed E-state index contributed by atoms with van der Waals surface area (Å²) < 4.78 is 0. The third-order valence-corrected chi connectivity index (χ3v) is 0.577. The van der Waals surface area contributed by atoms with E-state index in [1.165, 1.54) is 0 Å². The average molecular weight is 143 g/mol. The van der Waals surface area contributed by atoms with Crippen LogP contribution in [0.5, 0.6) is 0 Å². The van der Waals surface area contributed by atoms with Crippen LogP contribution in [-0.4, -0.2) is 24.8 Å². The lowest BCUT2D eigenvalue weighted by Crippen LogP contribution is -2.11. The second kappa shape index (κ2) is 15.8. The molecule has 0 aliphatic heterocycles. The molecule has 0 aromatic carbocycles. The number of hydrogen-bond donors (Lipinski definition) is 2. The normalized spacial score (nSPS) is 7.40. The number of nitrogens with one attached hydrogen (secondary N) is 1. The van der Waals surface area contributed by atoms with Gasteiger partial charge in [-0.3, -0.25) is 0 Å². The summed E-state index contributed by atoms with van der Waals surface area (Å²) >= 11 is 0. The van der Waals surface area contributed by atoms with Crippen LogP contribution in [0.3, 0.4) is 0 Å². The van der Waals surface area contributed by atoms with Crippen molar-refractivity contribution >= 4 is 0 Å². The lowest BCUT2D eigenvalue weighted by molar-refractivity contribution is 0.318. The number of aliphatic hydroxyl groups is 1. The largest absolute Gasteiger partial charge is 0.397 e. The molecule has 2 heteroatoms. The van der Waals surface area contributed by atoms with Gasteiger partial charge < -0.3 is 10.4 Å². The first-order valence-corrected chi connectivity index (χ1v) is 3.36. The molecule has 0 aliphatic carbocycles. The van der Waals surface area contributed by atoms with Crippen molar-refractivity contribution in [3.8, 4) is 0 Å². The van der Waals surface area contributed by atoms with E-state index in [0.29, 0.717) is 0 Å². The third kappa shape index (κ3) is 26.2. The van der Waals surface area contributed by atoms with Crippen LogP contribution < -0.4 is 5.32 Å². The fourth-order valence-corrected chi connectivity index (χ4v) is 0.287. The fourth-order valence-electron chi connectivity index (χ4n) is 0.287. The van der Waals surface area contributed by atoms with Crippen LogP contribution in [0.2, 0.25) is 0 Å². The zero-order valence-electron chi connectivity index (χ0n) is 6.64. The van der Waals surface area contributed by atoms with Crippen molar-refractivity contribution in [1.29, 1.82) is 0 Å². The predicted octanol–water partition coefficient (Wildman–Crippen LogP) is 0.947. The van der Waals surface area contributed by atoms with E-state index in [2.05, 4.69) is 18.5 Å². The maximum absolute atomic E-state index is 7.57. The topological polar surface area (TPSA) is 32.3 Å². The van der Waals surface area contributed by atoms with Crippen LogP contribution in [0.4, 0.5) is 0 Å². The first-order valence-electron chi connectivity index (χ1n) is 3.36. The molecule has 0 heterocycles. The molecular formula is C8H17NO. The Bertz CT molecular complexity index is 63.7. The molecule has 0 aromatic heterocycles. The first-order chi connectivity index (χ1) is 4.83. The summed E-state index contributed by atoms with van der Waals surface area (Å²) in [6.45, 7) is 10.7. The van der Waals surface area contributed by atoms with E-state index in [-0.39, 0.29) is 6.61 Å². The van der Waals surface area contributed by atoms with Gasteiger partial charge in [0.05, 0.1) is 0 Å². The molecule has 60 valence electrons. The van der Waals surface area contributed by atoms with E-state index in [0.717, 1.165) is 13.1 Å². The zero-order chi connectivity index (χ0) is 8.24. The highest BCUT2D eigenvalue weighted by atomic mass is 16.2. The predicted molar refractivity (Wildman–Crippen MR) is 46.0 cm³/mol. The summed E-state index contributed by atoms with van der Waals surface area (Å²) in [5.41, 5.74) is 0. The summed E-state index contributed by atoms with van der Waals surface area (Å²) in [6, 6.07) is 0. The van der Waals surface area contributed by atoms with Gasteiger partial charge in [0.15, 0.2) is 0 Å². The fraction of sp³-hybridized carbons (Fsp3) is 0.500. The minimum Gasteiger partial charge on any atom is -0.397 e. The summed E-state index contributed by atoms with van der Waals surface area (Å²) in [4.78, 5) is 0. The summed E-state index contributed by atoms with van der Waals surface area (Å²) in [6.07, 6.45) is 3.65. The Hall–Kier alpha value is -0.600. The van der Waals surface area contributed by atoms with Crippen LogP contribution in [-0.2, 0) is 0 Å². The lowest BCUT2D eigenvalue weighted by atomic mass is 10.5. The molecule has 10 heavy (non-hydrogen) atoms. The second-order valence-electron chi connectivity index (χ2n) is 1.55. The van der Waals surface area contributed by atoms with Crippen LogP contribution in [0.25, 0.3) is 0 Å². The van der Waals surface area contributed by atoms with Crippen molar-refractivity contribution in [1.82, 2.24) is 5.32 Å². The highest BCUT2D eigenvalue weighted by Crippen LogP contribution is 1.59. The monoisotopic (exact) mass is 143 g/mol. The Morgan fingerprint density at radius 2 is 1.60 bits per heavy atom. The van der Waals surface area contributed by atoms with Gasteiger partial charge in [-0.2, -0.15) is 0 Å². The molecule has 0 saturated heterocycles. The molecule has 2 nitrogen and oxygen atoms in total. The third-order valence-electron chi connectivity index (χ3n) is 0.577. The first kappa shape index (κ1) is 12.1. The van der Waals surface area contributed by atoms with Crippen molar-refractivity contribution < 1.29 is 5.11 Å². The maximum atomic E-state index is 7.57. The number of aliphatic hydroxyl groups excluding tert-OH is 1. The van der Waals surface area contributed by atoms with Crippen LogP contribution in [0.15, 0.2) is 25.3 Å². The summed E-state index contributed by atoms with van der Waals surface area (Å²) in [5.74, 6) is 0. The quantitative estimate of drug-likeness (QED) is 0.453. The van der Waals surface area contributed by atoms with Crippen LogP contribution in [0, 0.1) is 0 Å². The van der Waals surface area contributed by atoms with E-state index in [1.54, 1.807) is 6.92 Å². The molecule has 0 bridgehead atoms. The number of rotatable bonds is 4. The Labute approximate surface area is 63.3 Å². The Morgan fingerprint density at radius 1 is 1.30 bits per heavy atom. The van der Waals surface area contributed by atoms with Gasteiger partial charge in [-0.15, -0.1) is 13.2 Å².